The van der Waals surface area contributed by atoms with E-state index in [1.807, 2.05) is 30.3 Å². The van der Waals surface area contributed by atoms with E-state index in [0.29, 0.717) is 37.3 Å². The molecule has 0 atom stereocenters. The van der Waals surface area contributed by atoms with Crippen molar-refractivity contribution in [3.63, 3.8) is 0 Å². The highest BCUT2D eigenvalue weighted by atomic mass is 16.5. The maximum atomic E-state index is 13.2. The van der Waals surface area contributed by atoms with Gasteiger partial charge in [0.05, 0.1) is 13.7 Å². The van der Waals surface area contributed by atoms with E-state index >= 15 is 0 Å². The average Bonchev–Trinajstić information content (AvgIpc) is 2.80. The Morgan fingerprint density at radius 1 is 1.00 bits per heavy atom. The molecule has 9 nitrogen and oxygen atoms in total. The number of fused-ring (bicyclic) bond motifs is 1. The van der Waals surface area contributed by atoms with Crippen molar-refractivity contribution in [1.29, 1.82) is 0 Å². The zero-order valence-electron chi connectivity index (χ0n) is 16.5. The topological polar surface area (TPSA) is 97.6 Å². The quantitative estimate of drug-likeness (QED) is 0.650. The number of carbonyl (C=O) groups is 2. The monoisotopic (exact) mass is 407 g/mol. The molecule has 3 heterocycles. The molecule has 0 bridgehead atoms. The van der Waals surface area contributed by atoms with Gasteiger partial charge in [-0.25, -0.2) is 14.8 Å². The van der Waals surface area contributed by atoms with E-state index < -0.39 is 17.6 Å². The predicted molar refractivity (Wildman–Crippen MR) is 109 cm³/mol. The van der Waals surface area contributed by atoms with Crippen LogP contribution in [0.4, 0.5) is 4.79 Å². The van der Waals surface area contributed by atoms with Crippen LogP contribution in [0.5, 0.6) is 0 Å². The van der Waals surface area contributed by atoms with Crippen molar-refractivity contribution in [3.05, 3.63) is 70.3 Å². The predicted octanol–water partition coefficient (Wildman–Crippen LogP) is 1.36. The molecule has 0 unspecified atom stereocenters. The summed E-state index contributed by atoms with van der Waals surface area (Å²) in [6, 6.07) is 13.0. The fourth-order valence-corrected chi connectivity index (χ4v) is 3.50. The number of hydrogen-bond acceptors (Lipinski definition) is 6. The van der Waals surface area contributed by atoms with Crippen molar-refractivity contribution in [3.8, 4) is 0 Å². The Kier molecular flexibility index (Phi) is 5.42. The Morgan fingerprint density at radius 2 is 1.70 bits per heavy atom. The van der Waals surface area contributed by atoms with E-state index in [1.54, 1.807) is 18.3 Å². The van der Waals surface area contributed by atoms with Crippen molar-refractivity contribution < 1.29 is 14.3 Å². The second kappa shape index (κ2) is 8.32. The third kappa shape index (κ3) is 3.73. The molecule has 1 aliphatic heterocycles. The maximum Gasteiger partial charge on any atom is 0.409 e. The van der Waals surface area contributed by atoms with Gasteiger partial charge in [-0.05, 0) is 17.7 Å². The fourth-order valence-electron chi connectivity index (χ4n) is 3.50. The number of hydrogen-bond donors (Lipinski definition) is 0. The summed E-state index contributed by atoms with van der Waals surface area (Å²) in [4.78, 5) is 49.7. The molecule has 1 saturated heterocycles. The van der Waals surface area contributed by atoms with Crippen LogP contribution in [0, 0.1) is 0 Å². The molecule has 9 heteroatoms. The molecular formula is C21H21N5O4. The van der Waals surface area contributed by atoms with E-state index in [9.17, 15) is 14.4 Å². The van der Waals surface area contributed by atoms with Crippen LogP contribution < -0.4 is 5.56 Å². The standard InChI is InChI=1S/C21H21N5O4/c1-30-21(29)25-12-10-24(11-13-25)19(27)17-20(28)26(14-15-6-3-2-4-7-15)18-16(23-17)8-5-9-22-18/h2-9H,10-14H2,1H3. The number of carbonyl (C=O) groups excluding carboxylic acids is 2. The molecule has 0 radical (unpaired) electrons. The Balaban J connectivity index is 1.68. The smallest absolute Gasteiger partial charge is 0.409 e. The highest BCUT2D eigenvalue weighted by molar-refractivity contribution is 5.93. The molecule has 0 aliphatic carbocycles. The fraction of sp³-hybridized carbons (Fsp3) is 0.286. The van der Waals surface area contributed by atoms with Crippen molar-refractivity contribution >= 4 is 23.2 Å². The lowest BCUT2D eigenvalue weighted by Crippen LogP contribution is -2.51. The van der Waals surface area contributed by atoms with Crippen LogP contribution in [0.1, 0.15) is 16.1 Å². The largest absolute Gasteiger partial charge is 0.453 e. The third-order valence-corrected chi connectivity index (χ3v) is 5.09. The SMILES string of the molecule is COC(=O)N1CCN(C(=O)c2nc3cccnc3n(Cc3ccccc3)c2=O)CC1. The van der Waals surface area contributed by atoms with Crippen molar-refractivity contribution in [2.45, 2.75) is 6.54 Å². The molecule has 1 aliphatic rings. The second-order valence-corrected chi connectivity index (χ2v) is 6.93. The van der Waals surface area contributed by atoms with Gasteiger partial charge in [-0.2, -0.15) is 0 Å². The lowest BCUT2D eigenvalue weighted by Gasteiger charge is -2.33. The first-order valence-corrected chi connectivity index (χ1v) is 9.60. The molecule has 1 fully saturated rings. The van der Waals surface area contributed by atoms with Crippen molar-refractivity contribution in [2.75, 3.05) is 33.3 Å². The van der Waals surface area contributed by atoms with E-state index in [2.05, 4.69) is 9.97 Å². The van der Waals surface area contributed by atoms with Gasteiger partial charge < -0.3 is 14.5 Å². The van der Waals surface area contributed by atoms with Gasteiger partial charge >= 0.3 is 6.09 Å². The number of pyridine rings is 1. The molecular weight excluding hydrogens is 386 g/mol. The summed E-state index contributed by atoms with van der Waals surface area (Å²) in [6.07, 6.45) is 1.17. The zero-order valence-corrected chi connectivity index (χ0v) is 16.5. The van der Waals surface area contributed by atoms with Gasteiger partial charge in [0, 0.05) is 32.4 Å². The van der Waals surface area contributed by atoms with Gasteiger partial charge in [-0.1, -0.05) is 30.3 Å². The summed E-state index contributed by atoms with van der Waals surface area (Å²) in [5, 5.41) is 0. The third-order valence-electron chi connectivity index (χ3n) is 5.09. The highest BCUT2D eigenvalue weighted by Gasteiger charge is 2.28. The molecule has 3 aromatic rings. The average molecular weight is 407 g/mol. The van der Waals surface area contributed by atoms with Crippen LogP contribution in [0.25, 0.3) is 11.2 Å². The number of benzene rings is 1. The van der Waals surface area contributed by atoms with Gasteiger partial charge in [0.1, 0.15) is 5.52 Å². The first-order valence-electron chi connectivity index (χ1n) is 9.60. The van der Waals surface area contributed by atoms with Crippen LogP contribution in [-0.4, -0.2) is 69.6 Å². The Labute approximate surface area is 172 Å². The molecule has 2 amide bonds. The summed E-state index contributed by atoms with van der Waals surface area (Å²) in [6.45, 7) is 1.57. The maximum absolute atomic E-state index is 13.2. The van der Waals surface area contributed by atoms with Gasteiger partial charge in [0.2, 0.25) is 0 Å². The summed E-state index contributed by atoms with van der Waals surface area (Å²) >= 11 is 0. The molecule has 0 saturated carbocycles. The summed E-state index contributed by atoms with van der Waals surface area (Å²) < 4.78 is 6.20. The number of amides is 2. The molecule has 2 aromatic heterocycles. The van der Waals surface area contributed by atoms with Crippen molar-refractivity contribution in [1.82, 2.24) is 24.3 Å². The molecule has 4 rings (SSSR count). The Morgan fingerprint density at radius 3 is 2.40 bits per heavy atom. The van der Waals surface area contributed by atoms with Gasteiger partial charge in [-0.3, -0.25) is 14.2 Å². The zero-order chi connectivity index (χ0) is 21.1. The Hall–Kier alpha value is -3.75. The van der Waals surface area contributed by atoms with Crippen LogP contribution in [0.15, 0.2) is 53.5 Å². The lowest BCUT2D eigenvalue weighted by atomic mass is 10.2. The van der Waals surface area contributed by atoms with Crippen LogP contribution in [-0.2, 0) is 11.3 Å². The highest BCUT2D eigenvalue weighted by Crippen LogP contribution is 2.12. The molecule has 30 heavy (non-hydrogen) atoms. The second-order valence-electron chi connectivity index (χ2n) is 6.93. The van der Waals surface area contributed by atoms with Crippen LogP contribution >= 0.6 is 0 Å². The number of piperazine rings is 1. The van der Waals surface area contributed by atoms with E-state index in [1.165, 1.54) is 21.5 Å². The number of ether oxygens (including phenoxy) is 1. The Bertz CT molecular complexity index is 1140. The van der Waals surface area contributed by atoms with Gasteiger partial charge in [-0.15, -0.1) is 0 Å². The minimum Gasteiger partial charge on any atom is -0.453 e. The number of rotatable bonds is 3. The van der Waals surface area contributed by atoms with Crippen LogP contribution in [0.3, 0.4) is 0 Å². The number of aromatic nitrogens is 3. The molecule has 1 aromatic carbocycles. The minimum atomic E-state index is -0.481. The lowest BCUT2D eigenvalue weighted by molar-refractivity contribution is 0.0593. The summed E-state index contributed by atoms with van der Waals surface area (Å²) in [5.74, 6) is -0.447. The number of methoxy groups -OCH3 is 1. The minimum absolute atomic E-state index is 0.141. The molecule has 154 valence electrons. The first-order chi connectivity index (χ1) is 14.6. The van der Waals surface area contributed by atoms with E-state index in [0.717, 1.165) is 5.56 Å². The van der Waals surface area contributed by atoms with E-state index in [-0.39, 0.29) is 12.2 Å². The molecule has 0 spiro atoms. The summed E-state index contributed by atoms with van der Waals surface area (Å²) in [5.41, 5.74) is 1.20. The normalized spacial score (nSPS) is 14.0. The molecule has 0 N–H and O–H groups in total. The summed E-state index contributed by atoms with van der Waals surface area (Å²) in [7, 11) is 1.32. The van der Waals surface area contributed by atoms with Crippen molar-refractivity contribution in [2.24, 2.45) is 0 Å². The van der Waals surface area contributed by atoms with Gasteiger partial charge in [0.15, 0.2) is 11.3 Å². The number of nitrogens with zero attached hydrogens (tertiary/aromatic N) is 5. The van der Waals surface area contributed by atoms with Crippen LogP contribution in [0.2, 0.25) is 0 Å². The first kappa shape index (κ1) is 19.6. The van der Waals surface area contributed by atoms with E-state index in [4.69, 9.17) is 4.74 Å². The van der Waals surface area contributed by atoms with Gasteiger partial charge in [0.25, 0.3) is 11.5 Å².